The summed E-state index contributed by atoms with van der Waals surface area (Å²) < 4.78 is 25.0. The van der Waals surface area contributed by atoms with Crippen LogP contribution in [0.2, 0.25) is 0 Å². The van der Waals surface area contributed by atoms with E-state index in [1.54, 1.807) is 6.07 Å². The predicted molar refractivity (Wildman–Crippen MR) is 90.2 cm³/mol. The van der Waals surface area contributed by atoms with Crippen molar-refractivity contribution in [2.24, 2.45) is 5.41 Å². The van der Waals surface area contributed by atoms with E-state index in [9.17, 15) is 4.39 Å². The Labute approximate surface area is 147 Å². The Morgan fingerprint density at radius 2 is 2.08 bits per heavy atom. The van der Waals surface area contributed by atoms with Crippen LogP contribution in [0.1, 0.15) is 43.0 Å². The van der Waals surface area contributed by atoms with Gasteiger partial charge in [0, 0.05) is 12.1 Å². The Bertz CT molecular complexity index is 725. The first-order chi connectivity index (χ1) is 12.1. The van der Waals surface area contributed by atoms with Gasteiger partial charge in [-0.15, -0.1) is 0 Å². The molecule has 4 rings (SSSR count). The van der Waals surface area contributed by atoms with Crippen LogP contribution in [0.15, 0.2) is 28.8 Å². The molecular weight excluding hydrogens is 321 g/mol. The first kappa shape index (κ1) is 16.7. The van der Waals surface area contributed by atoms with E-state index in [2.05, 4.69) is 15.0 Å². The fraction of sp³-hybridized carbons (Fsp3) is 0.579. The van der Waals surface area contributed by atoms with Crippen molar-refractivity contribution in [2.45, 2.75) is 51.9 Å². The van der Waals surface area contributed by atoms with Crippen molar-refractivity contribution >= 4 is 0 Å². The van der Waals surface area contributed by atoms with Crippen LogP contribution in [-0.2, 0) is 17.9 Å². The molecule has 1 aliphatic heterocycles. The number of halogens is 1. The van der Waals surface area contributed by atoms with Crippen molar-refractivity contribution in [1.82, 2.24) is 15.0 Å². The summed E-state index contributed by atoms with van der Waals surface area (Å²) in [6.45, 7) is 4.88. The van der Waals surface area contributed by atoms with E-state index in [-0.39, 0.29) is 17.3 Å². The van der Waals surface area contributed by atoms with Gasteiger partial charge in [0.15, 0.2) is 5.82 Å². The fourth-order valence-corrected chi connectivity index (χ4v) is 4.10. The maximum absolute atomic E-state index is 13.8. The molecule has 6 heteroatoms. The third kappa shape index (κ3) is 3.46. The van der Waals surface area contributed by atoms with E-state index in [4.69, 9.17) is 9.26 Å². The first-order valence-electron chi connectivity index (χ1n) is 9.01. The summed E-state index contributed by atoms with van der Waals surface area (Å²) in [5.41, 5.74) is 1.06. The molecule has 2 aliphatic rings. The molecule has 1 atom stereocenters. The Kier molecular flexibility index (Phi) is 4.56. The highest BCUT2D eigenvalue weighted by Crippen LogP contribution is 2.51. The maximum atomic E-state index is 13.8. The van der Waals surface area contributed by atoms with Gasteiger partial charge in [-0.05, 0) is 57.2 Å². The van der Waals surface area contributed by atoms with Gasteiger partial charge >= 0.3 is 0 Å². The monoisotopic (exact) mass is 345 g/mol. The molecule has 1 unspecified atom stereocenters. The van der Waals surface area contributed by atoms with Crippen molar-refractivity contribution in [3.8, 4) is 0 Å². The minimum Gasteiger partial charge on any atom is -0.368 e. The average molecular weight is 345 g/mol. The smallest absolute Gasteiger partial charge is 0.252 e. The van der Waals surface area contributed by atoms with Crippen LogP contribution < -0.4 is 0 Å². The van der Waals surface area contributed by atoms with E-state index >= 15 is 0 Å². The van der Waals surface area contributed by atoms with E-state index in [1.807, 2.05) is 19.1 Å². The molecule has 0 amide bonds. The summed E-state index contributed by atoms with van der Waals surface area (Å²) >= 11 is 0. The van der Waals surface area contributed by atoms with Crippen LogP contribution in [0.4, 0.5) is 4.39 Å². The first-order valence-corrected chi connectivity index (χ1v) is 9.01. The zero-order chi connectivity index (χ0) is 17.3. The molecule has 1 saturated heterocycles. The van der Waals surface area contributed by atoms with E-state index in [1.165, 1.54) is 12.5 Å². The SMILES string of the molecule is Cc1noc(COC2CCC23CCN(Cc2ccccc2F)CC3)n1. The minimum absolute atomic E-state index is 0.109. The molecule has 2 fully saturated rings. The van der Waals surface area contributed by atoms with E-state index in [0.29, 0.717) is 24.9 Å². The van der Waals surface area contributed by atoms with Gasteiger partial charge in [0.1, 0.15) is 12.4 Å². The van der Waals surface area contributed by atoms with Crippen LogP contribution in [-0.4, -0.2) is 34.2 Å². The fourth-order valence-electron chi connectivity index (χ4n) is 4.10. The van der Waals surface area contributed by atoms with Crippen molar-refractivity contribution in [2.75, 3.05) is 13.1 Å². The molecule has 2 heterocycles. The highest BCUT2D eigenvalue weighted by Gasteiger charge is 2.49. The van der Waals surface area contributed by atoms with Crippen LogP contribution in [0.3, 0.4) is 0 Å². The molecule has 5 nitrogen and oxygen atoms in total. The Hall–Kier alpha value is -1.79. The van der Waals surface area contributed by atoms with Gasteiger partial charge in [0.2, 0.25) is 0 Å². The lowest BCUT2D eigenvalue weighted by Crippen LogP contribution is -2.53. The lowest BCUT2D eigenvalue weighted by atomic mass is 9.60. The third-order valence-corrected chi connectivity index (χ3v) is 5.77. The molecule has 0 bridgehead atoms. The highest BCUT2D eigenvalue weighted by atomic mass is 19.1. The van der Waals surface area contributed by atoms with Gasteiger partial charge in [-0.25, -0.2) is 4.39 Å². The van der Waals surface area contributed by atoms with Crippen LogP contribution in [0, 0.1) is 18.2 Å². The topological polar surface area (TPSA) is 51.4 Å². The molecule has 1 saturated carbocycles. The third-order valence-electron chi connectivity index (χ3n) is 5.77. The molecule has 1 aromatic heterocycles. The number of rotatable bonds is 5. The number of piperidine rings is 1. The summed E-state index contributed by atoms with van der Waals surface area (Å²) in [7, 11) is 0. The lowest BCUT2D eigenvalue weighted by molar-refractivity contribution is -0.147. The number of aryl methyl sites for hydroxylation is 1. The van der Waals surface area contributed by atoms with Crippen molar-refractivity contribution < 1.29 is 13.7 Å². The summed E-state index contributed by atoms with van der Waals surface area (Å²) in [6, 6.07) is 7.06. The van der Waals surface area contributed by atoms with Crippen LogP contribution >= 0.6 is 0 Å². The van der Waals surface area contributed by atoms with Crippen molar-refractivity contribution in [3.63, 3.8) is 0 Å². The number of benzene rings is 1. The zero-order valence-electron chi connectivity index (χ0n) is 14.6. The number of ether oxygens (including phenoxy) is 1. The van der Waals surface area contributed by atoms with Crippen LogP contribution in [0.5, 0.6) is 0 Å². The molecule has 0 radical (unpaired) electrons. The second-order valence-corrected chi connectivity index (χ2v) is 7.30. The molecule has 1 aliphatic carbocycles. The van der Waals surface area contributed by atoms with Crippen LogP contribution in [0.25, 0.3) is 0 Å². The minimum atomic E-state index is -0.109. The number of aromatic nitrogens is 2. The van der Waals surface area contributed by atoms with Gasteiger partial charge in [-0.3, -0.25) is 4.90 Å². The second-order valence-electron chi connectivity index (χ2n) is 7.30. The van der Waals surface area contributed by atoms with Gasteiger partial charge in [-0.2, -0.15) is 4.98 Å². The number of hydrogen-bond acceptors (Lipinski definition) is 5. The molecule has 0 N–H and O–H groups in total. The quantitative estimate of drug-likeness (QED) is 0.830. The number of nitrogens with zero attached hydrogens (tertiary/aromatic N) is 3. The van der Waals surface area contributed by atoms with Gasteiger partial charge < -0.3 is 9.26 Å². The largest absolute Gasteiger partial charge is 0.368 e. The van der Waals surface area contributed by atoms with Gasteiger partial charge in [0.05, 0.1) is 6.10 Å². The van der Waals surface area contributed by atoms with Gasteiger partial charge in [0.25, 0.3) is 5.89 Å². The Morgan fingerprint density at radius 3 is 2.72 bits per heavy atom. The maximum Gasteiger partial charge on any atom is 0.252 e. The van der Waals surface area contributed by atoms with Gasteiger partial charge in [-0.1, -0.05) is 23.4 Å². The predicted octanol–water partition coefficient (Wildman–Crippen LogP) is 3.48. The number of likely N-dealkylation sites (tertiary alicyclic amines) is 1. The summed E-state index contributed by atoms with van der Waals surface area (Å²) in [5, 5.41) is 3.80. The summed E-state index contributed by atoms with van der Waals surface area (Å²) in [6.07, 6.45) is 4.80. The lowest BCUT2D eigenvalue weighted by Gasteiger charge is -2.53. The molecule has 25 heavy (non-hydrogen) atoms. The number of hydrogen-bond donors (Lipinski definition) is 0. The standard InChI is InChI=1S/C19H24FN3O2/c1-14-21-18(25-22-14)13-24-17-6-7-19(17)8-10-23(11-9-19)12-15-4-2-3-5-16(15)20/h2-5,17H,6-13H2,1H3. The van der Waals surface area contributed by atoms with Crippen molar-refractivity contribution in [1.29, 1.82) is 0 Å². The summed E-state index contributed by atoms with van der Waals surface area (Å²) in [4.78, 5) is 6.54. The van der Waals surface area contributed by atoms with E-state index in [0.717, 1.165) is 37.9 Å². The Balaban J connectivity index is 1.29. The zero-order valence-corrected chi connectivity index (χ0v) is 14.6. The molecule has 1 spiro atoms. The second kappa shape index (κ2) is 6.84. The highest BCUT2D eigenvalue weighted by molar-refractivity contribution is 5.17. The van der Waals surface area contributed by atoms with Crippen molar-refractivity contribution in [3.05, 3.63) is 47.4 Å². The average Bonchev–Trinajstić information content (AvgIpc) is 3.02. The molecule has 2 aromatic rings. The molecule has 1 aromatic carbocycles. The normalized spacial score (nSPS) is 22.9. The molecule has 134 valence electrons. The molecular formula is C19H24FN3O2. The van der Waals surface area contributed by atoms with E-state index < -0.39 is 0 Å². The Morgan fingerprint density at radius 1 is 1.28 bits per heavy atom. The summed E-state index contributed by atoms with van der Waals surface area (Å²) in [5.74, 6) is 1.09.